The first-order valence-corrected chi connectivity index (χ1v) is 22.3. The van der Waals surface area contributed by atoms with E-state index >= 15 is 0 Å². The van der Waals surface area contributed by atoms with Crippen molar-refractivity contribution >= 4 is 45.7 Å². The highest BCUT2D eigenvalue weighted by atomic mass is 35.5. The van der Waals surface area contributed by atoms with Gasteiger partial charge >= 0.3 is 0 Å². The smallest absolute Gasteiger partial charge is 0.0540 e. The molecule has 0 amide bonds. The number of nitrogens with zero attached hydrogens (tertiary/aromatic N) is 2. The Labute approximate surface area is 367 Å². The van der Waals surface area contributed by atoms with Crippen molar-refractivity contribution in [3.8, 4) is 11.1 Å². The third-order valence-electron chi connectivity index (χ3n) is 12.9. The molecule has 0 bridgehead atoms. The average molecular weight is 816 g/mol. The van der Waals surface area contributed by atoms with Crippen LogP contribution in [0.25, 0.3) is 11.1 Å². The normalized spacial score (nSPS) is 15.1. The zero-order valence-electron chi connectivity index (χ0n) is 38.8. The molecule has 0 aromatic heterocycles. The van der Waals surface area contributed by atoms with Gasteiger partial charge in [0.25, 0.3) is 0 Å². The zero-order valence-corrected chi connectivity index (χ0v) is 39.6. The highest BCUT2D eigenvalue weighted by Gasteiger charge is 2.38. The zero-order chi connectivity index (χ0) is 43.6. The van der Waals surface area contributed by atoms with Crippen LogP contribution in [0.3, 0.4) is 0 Å². The first-order chi connectivity index (χ1) is 27.9. The molecule has 0 saturated heterocycles. The predicted molar refractivity (Wildman–Crippen MR) is 262 cm³/mol. The summed E-state index contributed by atoms with van der Waals surface area (Å²) in [6, 6.07) is 47.8. The fourth-order valence-electron chi connectivity index (χ4n) is 8.89. The third-order valence-corrected chi connectivity index (χ3v) is 13.2. The van der Waals surface area contributed by atoms with Crippen LogP contribution in [0.1, 0.15) is 136 Å². The van der Waals surface area contributed by atoms with E-state index in [9.17, 15) is 0 Å². The Balaban J connectivity index is 1.58. The summed E-state index contributed by atoms with van der Waals surface area (Å²) in [6.07, 6.45) is 2.33. The van der Waals surface area contributed by atoms with E-state index in [0.29, 0.717) is 5.02 Å². The molecule has 1 aliphatic carbocycles. The number of hydrogen-bond acceptors (Lipinski definition) is 2. The molecule has 0 N–H and O–H groups in total. The monoisotopic (exact) mass is 814 g/mol. The van der Waals surface area contributed by atoms with Crippen LogP contribution < -0.4 is 9.80 Å². The number of rotatable bonds is 7. The Bertz CT molecular complexity index is 2520. The summed E-state index contributed by atoms with van der Waals surface area (Å²) in [5.74, 6) is 0. The number of halogens is 1. The molecule has 0 fully saturated rings. The molecular weight excluding hydrogens is 748 g/mol. The van der Waals surface area contributed by atoms with Gasteiger partial charge in [-0.25, -0.2) is 0 Å². The summed E-state index contributed by atoms with van der Waals surface area (Å²) in [4.78, 5) is 4.95. The van der Waals surface area contributed by atoms with Crippen molar-refractivity contribution in [1.82, 2.24) is 0 Å². The number of fused-ring (bicyclic) bond motifs is 1. The van der Waals surface area contributed by atoms with E-state index in [2.05, 4.69) is 228 Å². The molecule has 0 aliphatic heterocycles. The van der Waals surface area contributed by atoms with Crippen LogP contribution in [-0.2, 0) is 27.1 Å². The van der Waals surface area contributed by atoms with Gasteiger partial charge in [0.05, 0.1) is 5.69 Å². The Morgan fingerprint density at radius 1 is 0.450 bits per heavy atom. The van der Waals surface area contributed by atoms with Gasteiger partial charge in [-0.3, -0.25) is 0 Å². The standard InChI is InChI=1S/C57H67ClN2/c1-38-31-40(53(2,3)4)23-27-51(38)59(44-22-18-21-43(58)35-44)46-32-42(55(8,9)10)33-47(36-46)60(45-25-26-49-50(37-45)57(13,14)30-29-56(49,11)12)52-28-24-41(54(5,6)7)34-48(52)39-19-16-15-17-20-39/h15-28,31-37H,29-30H2,1-14H3. The van der Waals surface area contributed by atoms with Crippen LogP contribution in [0.2, 0.25) is 5.02 Å². The maximum absolute atomic E-state index is 6.82. The molecule has 2 nitrogen and oxygen atoms in total. The molecule has 0 radical (unpaired) electrons. The van der Waals surface area contributed by atoms with Gasteiger partial charge in [-0.05, 0) is 153 Å². The first kappa shape index (κ1) is 43.3. The molecule has 0 atom stereocenters. The summed E-state index contributed by atoms with van der Waals surface area (Å²) in [6.45, 7) is 32.7. The van der Waals surface area contributed by atoms with Gasteiger partial charge in [-0.1, -0.05) is 162 Å². The molecule has 0 saturated carbocycles. The van der Waals surface area contributed by atoms with Crippen molar-refractivity contribution in [1.29, 1.82) is 0 Å². The topological polar surface area (TPSA) is 6.48 Å². The number of benzene rings is 6. The second-order valence-corrected chi connectivity index (χ2v) is 22.2. The van der Waals surface area contributed by atoms with Crippen LogP contribution in [-0.4, -0.2) is 0 Å². The number of aryl methyl sites for hydroxylation is 1. The molecule has 1 aliphatic rings. The van der Waals surface area contributed by atoms with Gasteiger partial charge in [-0.2, -0.15) is 0 Å². The van der Waals surface area contributed by atoms with Gasteiger partial charge in [0.1, 0.15) is 0 Å². The Hall–Kier alpha value is -4.79. The van der Waals surface area contributed by atoms with Crippen molar-refractivity contribution < 1.29 is 0 Å². The highest BCUT2D eigenvalue weighted by Crippen LogP contribution is 2.51. The molecule has 60 heavy (non-hydrogen) atoms. The van der Waals surface area contributed by atoms with E-state index in [4.69, 9.17) is 11.6 Å². The van der Waals surface area contributed by atoms with E-state index in [1.807, 2.05) is 6.07 Å². The maximum atomic E-state index is 6.82. The fraction of sp³-hybridized carbons (Fsp3) is 0.368. The van der Waals surface area contributed by atoms with E-state index < -0.39 is 0 Å². The molecule has 6 aromatic rings. The summed E-state index contributed by atoms with van der Waals surface area (Å²) in [5.41, 5.74) is 17.1. The Morgan fingerprint density at radius 3 is 1.55 bits per heavy atom. The van der Waals surface area contributed by atoms with Crippen LogP contribution >= 0.6 is 11.6 Å². The van der Waals surface area contributed by atoms with Crippen LogP contribution in [0.5, 0.6) is 0 Å². The molecule has 0 heterocycles. The van der Waals surface area contributed by atoms with E-state index in [0.717, 1.165) is 40.5 Å². The highest BCUT2D eigenvalue weighted by molar-refractivity contribution is 6.30. The lowest BCUT2D eigenvalue weighted by molar-refractivity contribution is 0.332. The van der Waals surface area contributed by atoms with Gasteiger partial charge in [0, 0.05) is 39.0 Å². The van der Waals surface area contributed by atoms with Crippen LogP contribution in [0, 0.1) is 6.92 Å². The fourth-order valence-corrected chi connectivity index (χ4v) is 9.08. The predicted octanol–water partition coefficient (Wildman–Crippen LogP) is 17.5. The SMILES string of the molecule is Cc1cc(C(C)(C)C)ccc1N(c1cccc(Cl)c1)c1cc(N(c2ccc3c(c2)C(C)(C)CCC3(C)C)c2ccc(C(C)(C)C)cc2-c2ccccc2)cc(C(C)(C)C)c1. The van der Waals surface area contributed by atoms with Crippen molar-refractivity contribution in [2.24, 2.45) is 0 Å². The summed E-state index contributed by atoms with van der Waals surface area (Å²) in [7, 11) is 0. The van der Waals surface area contributed by atoms with Gasteiger partial charge < -0.3 is 9.80 Å². The van der Waals surface area contributed by atoms with E-state index in [1.165, 1.54) is 50.9 Å². The van der Waals surface area contributed by atoms with Gasteiger partial charge in [0.2, 0.25) is 0 Å². The largest absolute Gasteiger partial charge is 0.310 e. The second-order valence-electron chi connectivity index (χ2n) is 21.7. The van der Waals surface area contributed by atoms with Crippen molar-refractivity contribution in [3.63, 3.8) is 0 Å². The number of hydrogen-bond donors (Lipinski definition) is 0. The van der Waals surface area contributed by atoms with Gasteiger partial charge in [0.15, 0.2) is 0 Å². The summed E-state index contributed by atoms with van der Waals surface area (Å²) in [5, 5.41) is 0.710. The van der Waals surface area contributed by atoms with E-state index in [1.54, 1.807) is 0 Å². The van der Waals surface area contributed by atoms with Crippen LogP contribution in [0.15, 0.2) is 127 Å². The average Bonchev–Trinajstić information content (AvgIpc) is 3.17. The minimum Gasteiger partial charge on any atom is -0.310 e. The maximum Gasteiger partial charge on any atom is 0.0540 e. The van der Waals surface area contributed by atoms with Crippen molar-refractivity contribution in [2.45, 2.75) is 137 Å². The Morgan fingerprint density at radius 2 is 0.983 bits per heavy atom. The Kier molecular flexibility index (Phi) is 11.3. The molecule has 7 rings (SSSR count). The van der Waals surface area contributed by atoms with Gasteiger partial charge in [-0.15, -0.1) is 0 Å². The summed E-state index contributed by atoms with van der Waals surface area (Å²) >= 11 is 6.82. The quantitative estimate of drug-likeness (QED) is 0.158. The molecule has 0 spiro atoms. The second kappa shape index (κ2) is 15.6. The molecular formula is C57H67ClN2. The first-order valence-electron chi connectivity index (χ1n) is 21.9. The van der Waals surface area contributed by atoms with E-state index in [-0.39, 0.29) is 27.1 Å². The van der Waals surface area contributed by atoms with Crippen molar-refractivity contribution in [2.75, 3.05) is 9.80 Å². The third kappa shape index (κ3) is 8.69. The molecule has 6 aromatic carbocycles. The number of anilines is 6. The van der Waals surface area contributed by atoms with Crippen molar-refractivity contribution in [3.05, 3.63) is 166 Å². The minimum absolute atomic E-state index is 0.0223. The minimum atomic E-state index is -0.151. The lowest BCUT2D eigenvalue weighted by Gasteiger charge is -2.42. The molecule has 312 valence electrons. The van der Waals surface area contributed by atoms with Crippen LogP contribution in [0.4, 0.5) is 34.1 Å². The summed E-state index contributed by atoms with van der Waals surface area (Å²) < 4.78 is 0. The molecule has 0 unspecified atom stereocenters. The molecule has 3 heteroatoms. The lowest BCUT2D eigenvalue weighted by Crippen LogP contribution is -2.34. The lowest BCUT2D eigenvalue weighted by atomic mass is 9.63.